The number of amides is 3. The van der Waals surface area contributed by atoms with E-state index < -0.39 is 47.9 Å². The topological polar surface area (TPSA) is 234 Å². The third-order valence-electron chi connectivity index (χ3n) is 5.84. The van der Waals surface area contributed by atoms with Gasteiger partial charge in [-0.15, -0.1) is 0 Å². The number of aromatic nitrogens is 4. The Labute approximate surface area is 221 Å². The summed E-state index contributed by atoms with van der Waals surface area (Å²) in [6.45, 7) is 4.11. The minimum atomic E-state index is -1.17. The molecule has 4 unspecified atom stereocenters. The summed E-state index contributed by atoms with van der Waals surface area (Å²) < 4.78 is 0. The number of unbranched alkanes of at least 4 members (excludes halogenated alkanes) is 1. The summed E-state index contributed by atoms with van der Waals surface area (Å²) in [4.78, 5) is 64.5. The normalized spacial score (nSPS) is 14.3. The molecule has 0 radical (unpaired) electrons. The van der Waals surface area contributed by atoms with Crippen molar-refractivity contribution in [2.45, 2.75) is 76.5 Å². The number of aliphatic carboxylic acids is 1. The number of nitrogens with one attached hydrogen (secondary N) is 5. The summed E-state index contributed by atoms with van der Waals surface area (Å²) in [6, 6.07) is -4.16. The van der Waals surface area contributed by atoms with Crippen LogP contribution in [0.2, 0.25) is 0 Å². The number of carboxylic acid groups (broad SMARTS) is 1. The molecule has 0 aliphatic heterocycles. The number of rotatable bonds is 17. The molecule has 0 aliphatic rings. The fourth-order valence-electron chi connectivity index (χ4n) is 3.83. The van der Waals surface area contributed by atoms with Crippen LogP contribution in [0.25, 0.3) is 0 Å². The first-order chi connectivity index (χ1) is 18.1. The van der Waals surface area contributed by atoms with E-state index in [1.165, 1.54) is 18.9 Å². The highest BCUT2D eigenvalue weighted by atomic mass is 16.4. The molecule has 0 bridgehead atoms. The number of nitrogens with zero attached hydrogens (tertiary/aromatic N) is 2. The molecule has 0 fully saturated rings. The van der Waals surface area contributed by atoms with Crippen LogP contribution >= 0.6 is 0 Å². The number of carboxylic acids is 1. The molecule has 0 aliphatic carbocycles. The summed E-state index contributed by atoms with van der Waals surface area (Å²) >= 11 is 0. The molecule has 2 rings (SSSR count). The lowest BCUT2D eigenvalue weighted by atomic mass is 10.0. The quantitative estimate of drug-likeness (QED) is 0.116. The van der Waals surface area contributed by atoms with Crippen LogP contribution in [-0.2, 0) is 32.0 Å². The number of carbonyl (C=O) groups excluding carboxylic acids is 3. The standard InChI is InChI=1S/C24H39N9O5/c1-14(2)7-20(24(37)38)33-23(36)19(9-16-11-28-13-30-16)32-22(35)18(5-3-4-6-25)31-21(34)17(26)8-15-10-27-12-29-15/h10-14,17-20H,3-9,25-26H2,1-2H3,(H,27,29)(H,28,30)(H,31,34)(H,32,35)(H,33,36)(H,37,38). The predicted octanol–water partition coefficient (Wildman–Crippen LogP) is -1.04. The van der Waals surface area contributed by atoms with Gasteiger partial charge in [-0.3, -0.25) is 14.4 Å². The van der Waals surface area contributed by atoms with Gasteiger partial charge in [0, 0.05) is 36.6 Å². The van der Waals surface area contributed by atoms with Gasteiger partial charge in [-0.1, -0.05) is 13.8 Å². The molecule has 0 aromatic carbocycles. The Balaban J connectivity index is 2.16. The second-order valence-corrected chi connectivity index (χ2v) is 9.60. The number of imidazole rings is 2. The molecular weight excluding hydrogens is 494 g/mol. The Kier molecular flexibility index (Phi) is 12.4. The Morgan fingerprint density at radius 2 is 1.42 bits per heavy atom. The van der Waals surface area contributed by atoms with Crippen molar-refractivity contribution >= 4 is 23.7 Å². The van der Waals surface area contributed by atoms with Gasteiger partial charge in [0.1, 0.15) is 18.1 Å². The zero-order valence-corrected chi connectivity index (χ0v) is 21.8. The highest BCUT2D eigenvalue weighted by Crippen LogP contribution is 2.08. The maximum absolute atomic E-state index is 13.3. The number of H-pyrrole nitrogens is 2. The van der Waals surface area contributed by atoms with Crippen LogP contribution in [0.3, 0.4) is 0 Å². The highest BCUT2D eigenvalue weighted by molar-refractivity contribution is 5.94. The van der Waals surface area contributed by atoms with Crippen molar-refractivity contribution in [1.82, 2.24) is 35.9 Å². The highest BCUT2D eigenvalue weighted by Gasteiger charge is 2.31. The van der Waals surface area contributed by atoms with Crippen LogP contribution in [0.5, 0.6) is 0 Å². The van der Waals surface area contributed by atoms with E-state index in [1.54, 1.807) is 6.20 Å². The van der Waals surface area contributed by atoms with E-state index in [9.17, 15) is 24.3 Å². The minimum Gasteiger partial charge on any atom is -0.480 e. The third kappa shape index (κ3) is 10.3. The molecule has 38 heavy (non-hydrogen) atoms. The molecule has 4 atom stereocenters. The molecule has 14 nitrogen and oxygen atoms in total. The molecule has 3 amide bonds. The van der Waals surface area contributed by atoms with Gasteiger partial charge in [0.25, 0.3) is 0 Å². The predicted molar refractivity (Wildman–Crippen MR) is 138 cm³/mol. The molecule has 2 heterocycles. The largest absolute Gasteiger partial charge is 0.480 e. The smallest absolute Gasteiger partial charge is 0.326 e. The van der Waals surface area contributed by atoms with Gasteiger partial charge >= 0.3 is 5.97 Å². The molecule has 2 aromatic rings. The summed E-state index contributed by atoms with van der Waals surface area (Å²) in [5, 5.41) is 17.4. The molecule has 0 saturated heterocycles. The van der Waals surface area contributed by atoms with Crippen LogP contribution in [0, 0.1) is 5.92 Å². The average Bonchev–Trinajstić information content (AvgIpc) is 3.56. The van der Waals surface area contributed by atoms with E-state index in [0.29, 0.717) is 30.8 Å². The minimum absolute atomic E-state index is 0.0187. The number of hydrogen-bond donors (Lipinski definition) is 8. The van der Waals surface area contributed by atoms with Crippen LogP contribution in [0.4, 0.5) is 0 Å². The molecule has 14 heteroatoms. The van der Waals surface area contributed by atoms with Crippen LogP contribution in [-0.4, -0.2) is 79.4 Å². The van der Waals surface area contributed by atoms with Gasteiger partial charge in [0.2, 0.25) is 17.7 Å². The van der Waals surface area contributed by atoms with Crippen molar-refractivity contribution in [3.05, 3.63) is 36.4 Å². The maximum atomic E-state index is 13.3. The second-order valence-electron chi connectivity index (χ2n) is 9.60. The number of hydrogen-bond acceptors (Lipinski definition) is 8. The van der Waals surface area contributed by atoms with Crippen LogP contribution in [0.15, 0.2) is 25.0 Å². The van der Waals surface area contributed by atoms with Gasteiger partial charge in [0.15, 0.2) is 0 Å². The van der Waals surface area contributed by atoms with Crippen molar-refractivity contribution < 1.29 is 24.3 Å². The first-order valence-corrected chi connectivity index (χ1v) is 12.6. The molecule has 0 spiro atoms. The maximum Gasteiger partial charge on any atom is 0.326 e. The Morgan fingerprint density at radius 1 is 0.868 bits per heavy atom. The van der Waals surface area contributed by atoms with Crippen LogP contribution in [0.1, 0.15) is 50.9 Å². The lowest BCUT2D eigenvalue weighted by Gasteiger charge is -2.25. The van der Waals surface area contributed by atoms with Crippen molar-refractivity contribution in [3.63, 3.8) is 0 Å². The average molecular weight is 534 g/mol. The van der Waals surface area contributed by atoms with E-state index in [0.717, 1.165) is 0 Å². The van der Waals surface area contributed by atoms with Crippen LogP contribution < -0.4 is 27.4 Å². The fraction of sp³-hybridized carbons (Fsp3) is 0.583. The molecule has 0 saturated carbocycles. The van der Waals surface area contributed by atoms with Gasteiger partial charge in [-0.2, -0.15) is 0 Å². The van der Waals surface area contributed by atoms with Crippen molar-refractivity contribution in [2.24, 2.45) is 17.4 Å². The zero-order valence-electron chi connectivity index (χ0n) is 21.8. The monoisotopic (exact) mass is 533 g/mol. The first-order valence-electron chi connectivity index (χ1n) is 12.6. The SMILES string of the molecule is CC(C)CC(NC(=O)C(Cc1cnc[nH]1)NC(=O)C(CCCCN)NC(=O)C(N)Cc1cnc[nH]1)C(=O)O. The van der Waals surface area contributed by atoms with E-state index in [2.05, 4.69) is 35.9 Å². The Hall–Kier alpha value is -3.78. The number of nitrogens with two attached hydrogens (primary N) is 2. The van der Waals surface area contributed by atoms with Crippen molar-refractivity contribution in [2.75, 3.05) is 6.54 Å². The van der Waals surface area contributed by atoms with E-state index in [4.69, 9.17) is 11.5 Å². The fourth-order valence-corrected chi connectivity index (χ4v) is 3.83. The van der Waals surface area contributed by atoms with Gasteiger partial charge < -0.3 is 42.5 Å². The Bertz CT molecular complexity index is 1010. The molecule has 210 valence electrons. The van der Waals surface area contributed by atoms with Crippen molar-refractivity contribution in [1.29, 1.82) is 0 Å². The zero-order chi connectivity index (χ0) is 28.1. The van der Waals surface area contributed by atoms with E-state index in [1.807, 2.05) is 13.8 Å². The lowest BCUT2D eigenvalue weighted by molar-refractivity contribution is -0.142. The van der Waals surface area contributed by atoms with Crippen molar-refractivity contribution in [3.8, 4) is 0 Å². The van der Waals surface area contributed by atoms with E-state index >= 15 is 0 Å². The first kappa shape index (κ1) is 30.4. The number of aromatic amines is 2. The molecular formula is C24H39N9O5. The van der Waals surface area contributed by atoms with E-state index in [-0.39, 0.29) is 31.6 Å². The van der Waals surface area contributed by atoms with Gasteiger partial charge in [-0.05, 0) is 38.1 Å². The summed E-state index contributed by atoms with van der Waals surface area (Å²) in [5.74, 6) is -2.95. The summed E-state index contributed by atoms with van der Waals surface area (Å²) in [5.41, 5.74) is 12.9. The molecule has 2 aromatic heterocycles. The molecule has 10 N–H and O–H groups in total. The van der Waals surface area contributed by atoms with Gasteiger partial charge in [-0.25, -0.2) is 14.8 Å². The third-order valence-corrected chi connectivity index (χ3v) is 5.84. The lowest BCUT2D eigenvalue weighted by Crippen LogP contribution is -2.57. The number of carbonyl (C=O) groups is 4. The Morgan fingerprint density at radius 3 is 1.95 bits per heavy atom. The van der Waals surface area contributed by atoms with Gasteiger partial charge in [0.05, 0.1) is 18.7 Å². The second kappa shape index (κ2) is 15.5. The summed E-state index contributed by atoms with van der Waals surface area (Å²) in [6.07, 6.45) is 7.88. The summed E-state index contributed by atoms with van der Waals surface area (Å²) in [7, 11) is 0.